The van der Waals surface area contributed by atoms with Crippen LogP contribution < -0.4 is 4.90 Å². The molecule has 0 radical (unpaired) electrons. The third kappa shape index (κ3) is 2.30. The Kier molecular flexibility index (Phi) is 3.23. The van der Waals surface area contributed by atoms with Gasteiger partial charge in [0.15, 0.2) is 16.6 Å². The van der Waals surface area contributed by atoms with Gasteiger partial charge in [-0.2, -0.15) is 0 Å². The molecule has 1 aromatic rings. The molecule has 0 amide bonds. The van der Waals surface area contributed by atoms with Gasteiger partial charge in [0.2, 0.25) is 0 Å². The quantitative estimate of drug-likeness (QED) is 0.805. The Morgan fingerprint density at radius 1 is 1.67 bits per heavy atom. The second-order valence-corrected chi connectivity index (χ2v) is 4.88. The minimum Gasteiger partial charge on any atom is -0.391 e. The first kappa shape index (κ1) is 10.9. The molecule has 1 unspecified atom stereocenters. The molecule has 0 aliphatic carbocycles. The Bertz CT molecular complexity index is 369. The zero-order valence-electron chi connectivity index (χ0n) is 8.02. The lowest BCUT2D eigenvalue weighted by Gasteiger charge is -2.29. The summed E-state index contributed by atoms with van der Waals surface area (Å²) < 4.78 is 0. The molecule has 1 fully saturated rings. The van der Waals surface area contributed by atoms with E-state index in [4.69, 9.17) is 11.6 Å². The molecular formula is C9H11ClN2O2S. The van der Waals surface area contributed by atoms with Crippen LogP contribution in [0.3, 0.4) is 0 Å². The van der Waals surface area contributed by atoms with Crippen LogP contribution in [0.2, 0.25) is 5.15 Å². The topological polar surface area (TPSA) is 53.4 Å². The van der Waals surface area contributed by atoms with Gasteiger partial charge in [-0.3, -0.25) is 4.79 Å². The van der Waals surface area contributed by atoms with E-state index in [1.807, 2.05) is 4.90 Å². The molecule has 82 valence electrons. The van der Waals surface area contributed by atoms with Gasteiger partial charge in [-0.25, -0.2) is 4.98 Å². The summed E-state index contributed by atoms with van der Waals surface area (Å²) >= 11 is 7.05. The normalized spacial score (nSPS) is 21.7. The molecule has 1 aromatic heterocycles. The highest BCUT2D eigenvalue weighted by Gasteiger charge is 2.21. The van der Waals surface area contributed by atoms with Crippen molar-refractivity contribution in [2.24, 2.45) is 0 Å². The number of halogens is 1. The van der Waals surface area contributed by atoms with E-state index in [1.165, 1.54) is 11.3 Å². The Hall–Kier alpha value is -0.650. The maximum atomic E-state index is 10.6. The van der Waals surface area contributed by atoms with Crippen LogP contribution in [-0.4, -0.2) is 35.6 Å². The number of carbonyl (C=O) groups excluding carboxylic acids is 1. The number of thiazole rings is 1. The van der Waals surface area contributed by atoms with Crippen LogP contribution in [0.4, 0.5) is 5.13 Å². The Balaban J connectivity index is 2.17. The second-order valence-electron chi connectivity index (χ2n) is 3.51. The van der Waals surface area contributed by atoms with Gasteiger partial charge >= 0.3 is 0 Å². The Morgan fingerprint density at radius 3 is 3.07 bits per heavy atom. The number of piperidine rings is 1. The van der Waals surface area contributed by atoms with Crippen LogP contribution in [0.5, 0.6) is 0 Å². The van der Waals surface area contributed by atoms with Crippen molar-refractivity contribution >= 4 is 34.4 Å². The lowest BCUT2D eigenvalue weighted by Crippen LogP contribution is -2.38. The van der Waals surface area contributed by atoms with E-state index in [1.54, 1.807) is 0 Å². The molecule has 1 aliphatic heterocycles. The minimum atomic E-state index is -0.305. The van der Waals surface area contributed by atoms with Crippen molar-refractivity contribution in [2.45, 2.75) is 18.9 Å². The first-order chi connectivity index (χ1) is 7.20. The smallest absolute Gasteiger partial charge is 0.187 e. The van der Waals surface area contributed by atoms with Crippen LogP contribution in [-0.2, 0) is 0 Å². The molecule has 0 saturated carbocycles. The molecule has 4 nitrogen and oxygen atoms in total. The fourth-order valence-electron chi connectivity index (χ4n) is 1.64. The van der Waals surface area contributed by atoms with Gasteiger partial charge in [0.1, 0.15) is 4.88 Å². The second kappa shape index (κ2) is 4.47. The van der Waals surface area contributed by atoms with Gasteiger partial charge in [-0.15, -0.1) is 0 Å². The van der Waals surface area contributed by atoms with Crippen molar-refractivity contribution in [3.8, 4) is 0 Å². The molecular weight excluding hydrogens is 236 g/mol. The molecule has 1 N–H and O–H groups in total. The zero-order valence-corrected chi connectivity index (χ0v) is 9.59. The maximum Gasteiger partial charge on any atom is 0.187 e. The van der Waals surface area contributed by atoms with Gasteiger partial charge in [-0.05, 0) is 12.8 Å². The number of nitrogens with zero attached hydrogens (tertiary/aromatic N) is 2. The van der Waals surface area contributed by atoms with Crippen molar-refractivity contribution < 1.29 is 9.90 Å². The number of aliphatic hydroxyl groups excluding tert-OH is 1. The highest BCUT2D eigenvalue weighted by molar-refractivity contribution is 7.17. The van der Waals surface area contributed by atoms with Gasteiger partial charge < -0.3 is 10.0 Å². The van der Waals surface area contributed by atoms with Crippen molar-refractivity contribution in [1.82, 2.24) is 4.98 Å². The van der Waals surface area contributed by atoms with Gasteiger partial charge in [0.25, 0.3) is 0 Å². The Labute approximate surface area is 96.5 Å². The fourth-order valence-corrected chi connectivity index (χ4v) is 2.74. The molecule has 6 heteroatoms. The van der Waals surface area contributed by atoms with E-state index in [2.05, 4.69) is 4.98 Å². The monoisotopic (exact) mass is 246 g/mol. The highest BCUT2D eigenvalue weighted by Crippen LogP contribution is 2.29. The van der Waals surface area contributed by atoms with Crippen LogP contribution >= 0.6 is 22.9 Å². The van der Waals surface area contributed by atoms with Crippen molar-refractivity contribution in [3.05, 3.63) is 10.0 Å². The van der Waals surface area contributed by atoms with Gasteiger partial charge in [0, 0.05) is 13.1 Å². The van der Waals surface area contributed by atoms with Crippen molar-refractivity contribution in [2.75, 3.05) is 18.0 Å². The fraction of sp³-hybridized carbons (Fsp3) is 0.556. The maximum absolute atomic E-state index is 10.6. The molecule has 0 bridgehead atoms. The SMILES string of the molecule is O=Cc1sc(N2CCCC(O)C2)nc1Cl. The largest absolute Gasteiger partial charge is 0.391 e. The summed E-state index contributed by atoms with van der Waals surface area (Å²) in [6, 6.07) is 0. The summed E-state index contributed by atoms with van der Waals surface area (Å²) in [7, 11) is 0. The minimum absolute atomic E-state index is 0.255. The number of aliphatic hydroxyl groups is 1. The molecule has 0 spiro atoms. The van der Waals surface area contributed by atoms with Crippen LogP contribution in [0.15, 0.2) is 0 Å². The zero-order chi connectivity index (χ0) is 10.8. The molecule has 2 heterocycles. The number of β-amino-alcohol motifs (C(OH)–C–C–N with tert-alkyl or cyclic N) is 1. The summed E-state index contributed by atoms with van der Waals surface area (Å²) in [5.41, 5.74) is 0. The summed E-state index contributed by atoms with van der Waals surface area (Å²) in [5.74, 6) is 0. The molecule has 1 atom stereocenters. The number of aldehydes is 1. The van der Waals surface area contributed by atoms with Crippen molar-refractivity contribution in [1.29, 1.82) is 0 Å². The molecule has 1 aliphatic rings. The molecule has 15 heavy (non-hydrogen) atoms. The van der Waals surface area contributed by atoms with E-state index < -0.39 is 0 Å². The number of rotatable bonds is 2. The standard InChI is InChI=1S/C9H11ClN2O2S/c10-8-7(5-13)15-9(11-8)12-3-1-2-6(14)4-12/h5-6,14H,1-4H2. The third-order valence-corrected chi connectivity index (χ3v) is 3.81. The lowest BCUT2D eigenvalue weighted by molar-refractivity contribution is 0.112. The summed E-state index contributed by atoms with van der Waals surface area (Å²) in [6.45, 7) is 1.43. The third-order valence-electron chi connectivity index (χ3n) is 2.37. The molecule has 2 rings (SSSR count). The van der Waals surface area contributed by atoms with Gasteiger partial charge in [-0.1, -0.05) is 22.9 Å². The number of anilines is 1. The van der Waals surface area contributed by atoms with E-state index >= 15 is 0 Å². The average molecular weight is 247 g/mol. The predicted octanol–water partition coefficient (Wildman–Crippen LogP) is 1.57. The van der Waals surface area contributed by atoms with E-state index in [0.717, 1.165) is 24.5 Å². The Morgan fingerprint density at radius 2 is 2.47 bits per heavy atom. The van der Waals surface area contributed by atoms with Crippen LogP contribution in [0.1, 0.15) is 22.5 Å². The highest BCUT2D eigenvalue weighted by atomic mass is 35.5. The van der Waals surface area contributed by atoms with E-state index in [0.29, 0.717) is 17.7 Å². The average Bonchev–Trinajstić information content (AvgIpc) is 2.60. The van der Waals surface area contributed by atoms with Crippen molar-refractivity contribution in [3.63, 3.8) is 0 Å². The first-order valence-electron chi connectivity index (χ1n) is 4.75. The molecule has 0 aromatic carbocycles. The number of carbonyl (C=O) groups is 1. The van der Waals surface area contributed by atoms with E-state index in [9.17, 15) is 9.90 Å². The first-order valence-corrected chi connectivity index (χ1v) is 5.94. The number of aromatic nitrogens is 1. The summed E-state index contributed by atoms with van der Waals surface area (Å²) in [4.78, 5) is 17.1. The number of hydrogen-bond donors (Lipinski definition) is 1. The molecule has 1 saturated heterocycles. The van der Waals surface area contributed by atoms with Crippen LogP contribution in [0, 0.1) is 0 Å². The summed E-state index contributed by atoms with van der Waals surface area (Å²) in [5, 5.41) is 10.5. The van der Waals surface area contributed by atoms with Gasteiger partial charge in [0.05, 0.1) is 6.10 Å². The van der Waals surface area contributed by atoms with E-state index in [-0.39, 0.29) is 11.3 Å². The predicted molar refractivity (Wildman–Crippen MR) is 60.0 cm³/mol. The number of hydrogen-bond acceptors (Lipinski definition) is 5. The lowest BCUT2D eigenvalue weighted by atomic mass is 10.1. The van der Waals surface area contributed by atoms with Crippen LogP contribution in [0.25, 0.3) is 0 Å². The summed E-state index contributed by atoms with van der Waals surface area (Å²) in [6.07, 6.45) is 2.18.